The van der Waals surface area contributed by atoms with Gasteiger partial charge in [0.05, 0.1) is 10.2 Å². The third-order valence-corrected chi connectivity index (χ3v) is 4.96. The van der Waals surface area contributed by atoms with Gasteiger partial charge in [-0.2, -0.15) is 0 Å². The Kier molecular flexibility index (Phi) is 3.30. The van der Waals surface area contributed by atoms with Crippen molar-refractivity contribution >= 4 is 60.1 Å². The van der Waals surface area contributed by atoms with Crippen LogP contribution in [0, 0.1) is 5.92 Å². The van der Waals surface area contributed by atoms with Crippen LogP contribution in [-0.4, -0.2) is 23.3 Å². The molecule has 2 heterocycles. The first-order valence-corrected chi connectivity index (χ1v) is 7.74. The van der Waals surface area contributed by atoms with Crippen LogP contribution in [0.1, 0.15) is 6.42 Å². The highest BCUT2D eigenvalue weighted by Crippen LogP contribution is 2.34. The molecule has 1 atom stereocenters. The molecule has 1 unspecified atom stereocenters. The van der Waals surface area contributed by atoms with Crippen molar-refractivity contribution in [3.63, 3.8) is 0 Å². The molecule has 3 rings (SSSR count). The van der Waals surface area contributed by atoms with Crippen molar-refractivity contribution in [3.8, 4) is 0 Å². The summed E-state index contributed by atoms with van der Waals surface area (Å²) in [6, 6.07) is 5.94. The number of anilines is 1. The van der Waals surface area contributed by atoms with Crippen LogP contribution < -0.4 is 4.90 Å². The van der Waals surface area contributed by atoms with Gasteiger partial charge in [-0.3, -0.25) is 9.69 Å². The zero-order chi connectivity index (χ0) is 12.7. The van der Waals surface area contributed by atoms with Crippen molar-refractivity contribution in [1.29, 1.82) is 0 Å². The van der Waals surface area contributed by atoms with E-state index in [1.165, 1.54) is 0 Å². The van der Waals surface area contributed by atoms with Crippen molar-refractivity contribution in [1.82, 2.24) is 4.98 Å². The highest BCUT2D eigenvalue weighted by Gasteiger charge is 2.31. The van der Waals surface area contributed by atoms with E-state index in [1.807, 2.05) is 18.2 Å². The molecule has 0 spiro atoms. The zero-order valence-corrected chi connectivity index (χ0v) is 12.6. The van der Waals surface area contributed by atoms with Crippen LogP contribution in [0.2, 0.25) is 0 Å². The molecule has 2 aromatic rings. The van der Waals surface area contributed by atoms with E-state index in [-0.39, 0.29) is 11.8 Å². The lowest BCUT2D eigenvalue weighted by Crippen LogP contribution is -2.24. The van der Waals surface area contributed by atoms with E-state index in [9.17, 15) is 4.79 Å². The summed E-state index contributed by atoms with van der Waals surface area (Å²) in [6.45, 7) is 0.684. The number of amides is 1. The van der Waals surface area contributed by atoms with E-state index in [4.69, 9.17) is 11.6 Å². The van der Waals surface area contributed by atoms with Gasteiger partial charge in [-0.1, -0.05) is 27.3 Å². The molecule has 1 saturated heterocycles. The maximum atomic E-state index is 11.9. The Morgan fingerprint density at radius 2 is 2.39 bits per heavy atom. The van der Waals surface area contributed by atoms with Crippen LogP contribution in [0.3, 0.4) is 0 Å². The van der Waals surface area contributed by atoms with Crippen molar-refractivity contribution in [2.75, 3.05) is 17.3 Å². The summed E-state index contributed by atoms with van der Waals surface area (Å²) < 4.78 is 2.11. The smallest absolute Gasteiger partial charge is 0.229 e. The average Bonchev–Trinajstić information content (AvgIpc) is 2.91. The monoisotopic (exact) mass is 344 g/mol. The molecule has 1 aromatic carbocycles. The number of thiazole rings is 1. The lowest BCUT2D eigenvalue weighted by atomic mass is 10.2. The number of hydrogen-bond acceptors (Lipinski definition) is 3. The van der Waals surface area contributed by atoms with Crippen LogP contribution in [-0.2, 0) is 4.79 Å². The highest BCUT2D eigenvalue weighted by molar-refractivity contribution is 9.10. The van der Waals surface area contributed by atoms with Gasteiger partial charge in [-0.05, 0) is 24.1 Å². The fraction of sp³-hybridized carbons (Fsp3) is 0.333. The van der Waals surface area contributed by atoms with E-state index in [0.29, 0.717) is 18.8 Å². The number of rotatable bonds is 2. The number of carbonyl (C=O) groups excluding carboxylic acids is 1. The van der Waals surface area contributed by atoms with Gasteiger partial charge in [0.2, 0.25) is 5.91 Å². The molecule has 3 nitrogen and oxygen atoms in total. The predicted molar refractivity (Wildman–Crippen MR) is 78.5 cm³/mol. The first-order chi connectivity index (χ1) is 8.67. The minimum absolute atomic E-state index is 0.124. The first-order valence-electron chi connectivity index (χ1n) is 5.60. The molecule has 1 aromatic heterocycles. The maximum Gasteiger partial charge on any atom is 0.229 e. The average molecular weight is 346 g/mol. The molecule has 1 aliphatic rings. The molecule has 0 N–H and O–H groups in total. The van der Waals surface area contributed by atoms with Gasteiger partial charge in [0, 0.05) is 23.3 Å². The minimum Gasteiger partial charge on any atom is -0.288 e. The molecule has 18 heavy (non-hydrogen) atoms. The molecule has 0 saturated carbocycles. The molecule has 1 aliphatic heterocycles. The van der Waals surface area contributed by atoms with Crippen molar-refractivity contribution in [2.45, 2.75) is 6.42 Å². The Labute approximate surface area is 122 Å². The van der Waals surface area contributed by atoms with Crippen LogP contribution in [0.4, 0.5) is 5.13 Å². The number of benzene rings is 1. The molecule has 1 fully saturated rings. The zero-order valence-electron chi connectivity index (χ0n) is 9.40. The second-order valence-corrected chi connectivity index (χ2v) is 6.57. The van der Waals surface area contributed by atoms with Crippen LogP contribution >= 0.6 is 38.9 Å². The van der Waals surface area contributed by atoms with Gasteiger partial charge >= 0.3 is 0 Å². The number of nitrogens with zero attached hydrogens (tertiary/aromatic N) is 2. The number of hydrogen-bond donors (Lipinski definition) is 0. The normalized spacial score (nSPS) is 20.0. The van der Waals surface area contributed by atoms with Gasteiger partial charge in [-0.25, -0.2) is 4.98 Å². The largest absolute Gasteiger partial charge is 0.288 e. The van der Waals surface area contributed by atoms with Crippen molar-refractivity contribution < 1.29 is 4.79 Å². The Morgan fingerprint density at radius 1 is 1.56 bits per heavy atom. The summed E-state index contributed by atoms with van der Waals surface area (Å²) >= 11 is 10.8. The Balaban J connectivity index is 1.97. The Bertz CT molecular complexity index is 615. The lowest BCUT2D eigenvalue weighted by molar-refractivity contribution is -0.117. The molecule has 1 amide bonds. The quantitative estimate of drug-likeness (QED) is 0.778. The lowest BCUT2D eigenvalue weighted by Gasteiger charge is -2.11. The Morgan fingerprint density at radius 3 is 3.11 bits per heavy atom. The topological polar surface area (TPSA) is 33.2 Å². The summed E-state index contributed by atoms with van der Waals surface area (Å²) in [7, 11) is 0. The predicted octanol–water partition coefficient (Wildman–Crippen LogP) is 3.65. The summed E-state index contributed by atoms with van der Waals surface area (Å²) in [5.74, 6) is 0.898. The van der Waals surface area contributed by atoms with Gasteiger partial charge in [0.1, 0.15) is 0 Å². The van der Waals surface area contributed by atoms with E-state index >= 15 is 0 Å². The van der Waals surface area contributed by atoms with Gasteiger partial charge in [0.25, 0.3) is 0 Å². The Hall–Kier alpha value is -0.650. The number of alkyl halides is 1. The van der Waals surface area contributed by atoms with Crippen molar-refractivity contribution in [2.24, 2.45) is 5.92 Å². The van der Waals surface area contributed by atoms with E-state index in [1.54, 1.807) is 16.2 Å². The van der Waals surface area contributed by atoms with Crippen LogP contribution in [0.5, 0.6) is 0 Å². The summed E-state index contributed by atoms with van der Waals surface area (Å²) in [5, 5.41) is 0.778. The third kappa shape index (κ3) is 2.15. The molecule has 0 radical (unpaired) electrons. The molecular formula is C12H10BrClN2OS. The summed E-state index contributed by atoms with van der Waals surface area (Å²) in [5.41, 5.74) is 0.931. The van der Waals surface area contributed by atoms with Crippen LogP contribution in [0.25, 0.3) is 10.2 Å². The van der Waals surface area contributed by atoms with Crippen molar-refractivity contribution in [3.05, 3.63) is 22.7 Å². The number of aromatic nitrogens is 1. The van der Waals surface area contributed by atoms with E-state index in [2.05, 4.69) is 20.9 Å². The van der Waals surface area contributed by atoms with E-state index in [0.717, 1.165) is 19.8 Å². The molecular weight excluding hydrogens is 336 g/mol. The molecule has 0 aliphatic carbocycles. The summed E-state index contributed by atoms with van der Waals surface area (Å²) in [4.78, 5) is 18.2. The van der Waals surface area contributed by atoms with Gasteiger partial charge < -0.3 is 0 Å². The van der Waals surface area contributed by atoms with Gasteiger partial charge in [0.15, 0.2) is 5.13 Å². The third-order valence-electron chi connectivity index (χ3n) is 2.99. The SMILES string of the molecule is O=C1CC(CCl)CN1c1nc2ccc(Br)cc2s1. The second kappa shape index (κ2) is 4.79. The molecule has 94 valence electrons. The number of fused-ring (bicyclic) bond motifs is 1. The number of halogens is 2. The maximum absolute atomic E-state index is 11.9. The number of carbonyl (C=O) groups is 1. The highest BCUT2D eigenvalue weighted by atomic mass is 79.9. The fourth-order valence-electron chi connectivity index (χ4n) is 2.07. The first kappa shape index (κ1) is 12.4. The summed E-state index contributed by atoms with van der Waals surface area (Å²) in [6.07, 6.45) is 0.531. The fourth-order valence-corrected chi connectivity index (χ4v) is 3.82. The standard InChI is InChI=1S/C12H10BrClN2OS/c13-8-1-2-9-10(4-8)18-12(15-9)16-6-7(5-14)3-11(16)17/h1-2,4,7H,3,5-6H2. The van der Waals surface area contributed by atoms with Gasteiger partial charge in [-0.15, -0.1) is 11.6 Å². The van der Waals surface area contributed by atoms with Crippen LogP contribution in [0.15, 0.2) is 22.7 Å². The minimum atomic E-state index is 0.124. The second-order valence-electron chi connectivity index (χ2n) is 4.34. The molecule has 0 bridgehead atoms. The molecule has 6 heteroatoms. The van der Waals surface area contributed by atoms with E-state index < -0.39 is 0 Å².